The van der Waals surface area contributed by atoms with E-state index in [0.29, 0.717) is 5.56 Å². The predicted molar refractivity (Wildman–Crippen MR) is 70.6 cm³/mol. The summed E-state index contributed by atoms with van der Waals surface area (Å²) in [6.45, 7) is 0.197. The molecule has 20 heavy (non-hydrogen) atoms. The van der Waals surface area contributed by atoms with E-state index >= 15 is 0 Å². The molecule has 1 aromatic carbocycles. The number of ether oxygens (including phenoxy) is 1. The highest BCUT2D eigenvalue weighted by atomic mass is 19.1. The zero-order valence-corrected chi connectivity index (χ0v) is 11.0. The average molecular weight is 281 g/mol. The van der Waals surface area contributed by atoms with E-state index in [1.165, 1.54) is 36.3 Å². The summed E-state index contributed by atoms with van der Waals surface area (Å²) in [4.78, 5) is 13.2. The lowest BCUT2D eigenvalue weighted by atomic mass is 10.2. The molecule has 2 rings (SSSR count). The minimum atomic E-state index is -0.911. The minimum absolute atomic E-state index is 0.0985. The van der Waals surface area contributed by atoms with Gasteiger partial charge in [-0.1, -0.05) is 6.07 Å². The Labute approximate surface area is 115 Å². The maximum atomic E-state index is 13.5. The molecule has 108 valence electrons. The van der Waals surface area contributed by atoms with Crippen molar-refractivity contribution in [3.05, 3.63) is 35.7 Å². The van der Waals surface area contributed by atoms with E-state index < -0.39 is 18.0 Å². The second-order valence-corrected chi connectivity index (χ2v) is 4.61. The van der Waals surface area contributed by atoms with Crippen LogP contribution in [0.25, 0.3) is 6.08 Å². The van der Waals surface area contributed by atoms with Crippen molar-refractivity contribution in [2.24, 2.45) is 0 Å². The van der Waals surface area contributed by atoms with Gasteiger partial charge >= 0.3 is 0 Å². The lowest BCUT2D eigenvalue weighted by Crippen LogP contribution is -2.27. The lowest BCUT2D eigenvalue weighted by molar-refractivity contribution is -0.125. The number of hydrogen-bond acceptors (Lipinski definition) is 4. The fourth-order valence-electron chi connectivity index (χ4n) is 2.01. The number of β-amino-alcohol motifs (C(OH)–C–C–N with tert-alkyl or cyclic N) is 2. The molecule has 1 amide bonds. The van der Waals surface area contributed by atoms with E-state index in [4.69, 9.17) is 4.74 Å². The van der Waals surface area contributed by atoms with Crippen LogP contribution in [0, 0.1) is 5.82 Å². The van der Waals surface area contributed by atoms with Crippen LogP contribution in [0.4, 0.5) is 4.39 Å². The van der Waals surface area contributed by atoms with E-state index in [1.807, 2.05) is 0 Å². The van der Waals surface area contributed by atoms with E-state index in [1.54, 1.807) is 6.07 Å². The van der Waals surface area contributed by atoms with Gasteiger partial charge in [0, 0.05) is 19.2 Å². The zero-order valence-electron chi connectivity index (χ0n) is 11.0. The molecule has 0 aromatic heterocycles. The van der Waals surface area contributed by atoms with Crippen LogP contribution >= 0.6 is 0 Å². The van der Waals surface area contributed by atoms with Crippen LogP contribution in [0.15, 0.2) is 24.3 Å². The molecule has 2 atom stereocenters. The van der Waals surface area contributed by atoms with Crippen LogP contribution in [-0.2, 0) is 4.79 Å². The van der Waals surface area contributed by atoms with Crippen LogP contribution in [0.2, 0.25) is 0 Å². The molecular formula is C14H16FNO4. The number of amides is 1. The van der Waals surface area contributed by atoms with E-state index in [0.717, 1.165) is 0 Å². The van der Waals surface area contributed by atoms with Crippen molar-refractivity contribution in [3.63, 3.8) is 0 Å². The number of rotatable bonds is 3. The van der Waals surface area contributed by atoms with Gasteiger partial charge in [0.05, 0.1) is 19.3 Å². The standard InChI is InChI=1S/C14H16FNO4/c1-20-13-4-2-9(6-10(13)15)3-5-14(19)16-7-11(17)12(18)8-16/h2-6,11-12,17-18H,7-8H2,1H3/b5-3+. The van der Waals surface area contributed by atoms with Gasteiger partial charge in [0.1, 0.15) is 0 Å². The fraction of sp³-hybridized carbons (Fsp3) is 0.357. The first-order valence-electron chi connectivity index (χ1n) is 6.18. The maximum absolute atomic E-state index is 13.5. The Morgan fingerprint density at radius 2 is 2.05 bits per heavy atom. The van der Waals surface area contributed by atoms with Gasteiger partial charge in [-0.15, -0.1) is 0 Å². The van der Waals surface area contributed by atoms with Gasteiger partial charge in [0.2, 0.25) is 5.91 Å². The monoisotopic (exact) mass is 281 g/mol. The van der Waals surface area contributed by atoms with Crippen molar-refractivity contribution < 1.29 is 24.1 Å². The number of aliphatic hydroxyl groups is 2. The molecule has 1 heterocycles. The molecule has 0 aliphatic carbocycles. The molecule has 1 fully saturated rings. The number of likely N-dealkylation sites (tertiary alicyclic amines) is 1. The molecule has 5 nitrogen and oxygen atoms in total. The normalized spacial score (nSPS) is 22.5. The van der Waals surface area contributed by atoms with Gasteiger partial charge in [-0.05, 0) is 23.8 Å². The smallest absolute Gasteiger partial charge is 0.246 e. The number of benzene rings is 1. The molecule has 2 unspecified atom stereocenters. The summed E-state index contributed by atoms with van der Waals surface area (Å²) in [5, 5.41) is 18.7. The van der Waals surface area contributed by atoms with Gasteiger partial charge < -0.3 is 19.8 Å². The van der Waals surface area contributed by atoms with Crippen LogP contribution in [-0.4, -0.2) is 53.4 Å². The fourth-order valence-corrected chi connectivity index (χ4v) is 2.01. The predicted octanol–water partition coefficient (Wildman–Crippen LogP) is 0.411. The van der Waals surface area contributed by atoms with Gasteiger partial charge in [-0.25, -0.2) is 4.39 Å². The van der Waals surface area contributed by atoms with Crippen molar-refractivity contribution in [1.29, 1.82) is 0 Å². The SMILES string of the molecule is COc1ccc(/C=C/C(=O)N2CC(O)C(O)C2)cc1F. The Bertz CT molecular complexity index is 522. The molecule has 0 bridgehead atoms. The molecular weight excluding hydrogens is 265 g/mol. The van der Waals surface area contributed by atoms with Crippen LogP contribution in [0.1, 0.15) is 5.56 Å². The largest absolute Gasteiger partial charge is 0.494 e. The summed E-state index contributed by atoms with van der Waals surface area (Å²) in [5.74, 6) is -0.704. The Kier molecular flexibility index (Phi) is 4.36. The number of nitrogens with zero attached hydrogens (tertiary/aromatic N) is 1. The number of methoxy groups -OCH3 is 1. The highest BCUT2D eigenvalue weighted by molar-refractivity contribution is 5.92. The van der Waals surface area contributed by atoms with Crippen molar-refractivity contribution in [2.45, 2.75) is 12.2 Å². The number of carbonyl (C=O) groups excluding carboxylic acids is 1. The Morgan fingerprint density at radius 1 is 1.40 bits per heavy atom. The van der Waals surface area contributed by atoms with E-state index in [-0.39, 0.29) is 24.7 Å². The maximum Gasteiger partial charge on any atom is 0.246 e. The topological polar surface area (TPSA) is 70.0 Å². The van der Waals surface area contributed by atoms with Crippen molar-refractivity contribution >= 4 is 12.0 Å². The quantitative estimate of drug-likeness (QED) is 0.787. The average Bonchev–Trinajstić information content (AvgIpc) is 2.76. The van der Waals surface area contributed by atoms with E-state index in [2.05, 4.69) is 0 Å². The van der Waals surface area contributed by atoms with Crippen molar-refractivity contribution in [3.8, 4) is 5.75 Å². The number of hydrogen-bond donors (Lipinski definition) is 2. The summed E-state index contributed by atoms with van der Waals surface area (Å²) in [6.07, 6.45) is 0.935. The summed E-state index contributed by atoms with van der Waals surface area (Å²) < 4.78 is 18.3. The number of carbonyl (C=O) groups is 1. The Balaban J connectivity index is 2.02. The highest BCUT2D eigenvalue weighted by Gasteiger charge is 2.31. The van der Waals surface area contributed by atoms with E-state index in [9.17, 15) is 19.4 Å². The molecule has 1 saturated heterocycles. The molecule has 1 aliphatic heterocycles. The van der Waals surface area contributed by atoms with Crippen molar-refractivity contribution in [1.82, 2.24) is 4.90 Å². The third kappa shape index (κ3) is 3.15. The summed E-state index contributed by atoms with van der Waals surface area (Å²) in [7, 11) is 1.38. The first kappa shape index (κ1) is 14.5. The number of halogens is 1. The van der Waals surface area contributed by atoms with Gasteiger partial charge in [-0.3, -0.25) is 4.79 Å². The summed E-state index contributed by atoms with van der Waals surface area (Å²) >= 11 is 0. The number of aliphatic hydroxyl groups excluding tert-OH is 2. The Hall–Kier alpha value is -1.92. The summed E-state index contributed by atoms with van der Waals surface area (Å²) in [6, 6.07) is 4.36. The third-order valence-corrected chi connectivity index (χ3v) is 3.16. The molecule has 6 heteroatoms. The third-order valence-electron chi connectivity index (χ3n) is 3.16. The van der Waals surface area contributed by atoms with Gasteiger partial charge in [-0.2, -0.15) is 0 Å². The first-order chi connectivity index (χ1) is 9.51. The first-order valence-corrected chi connectivity index (χ1v) is 6.18. The minimum Gasteiger partial charge on any atom is -0.494 e. The molecule has 0 saturated carbocycles. The lowest BCUT2D eigenvalue weighted by Gasteiger charge is -2.12. The second kappa shape index (κ2) is 6.02. The molecule has 1 aromatic rings. The molecule has 2 N–H and O–H groups in total. The van der Waals surface area contributed by atoms with Crippen LogP contribution in [0.3, 0.4) is 0 Å². The molecule has 0 spiro atoms. The second-order valence-electron chi connectivity index (χ2n) is 4.61. The van der Waals surface area contributed by atoms with Crippen LogP contribution in [0.5, 0.6) is 5.75 Å². The Morgan fingerprint density at radius 3 is 2.60 bits per heavy atom. The molecule has 0 radical (unpaired) electrons. The zero-order chi connectivity index (χ0) is 14.7. The molecule has 1 aliphatic rings. The van der Waals surface area contributed by atoms with Crippen LogP contribution < -0.4 is 4.74 Å². The van der Waals surface area contributed by atoms with Gasteiger partial charge in [0.25, 0.3) is 0 Å². The van der Waals surface area contributed by atoms with Gasteiger partial charge in [0.15, 0.2) is 11.6 Å². The highest BCUT2D eigenvalue weighted by Crippen LogP contribution is 2.18. The van der Waals surface area contributed by atoms with Crippen molar-refractivity contribution in [2.75, 3.05) is 20.2 Å². The summed E-state index contributed by atoms with van der Waals surface area (Å²) in [5.41, 5.74) is 0.525.